The molecule has 0 saturated carbocycles. The quantitative estimate of drug-likeness (QED) is 0.583. The van der Waals surface area contributed by atoms with Gasteiger partial charge in [-0.3, -0.25) is 4.79 Å². The lowest BCUT2D eigenvalue weighted by Crippen LogP contribution is -2.28. The van der Waals surface area contributed by atoms with Crippen molar-refractivity contribution in [3.63, 3.8) is 0 Å². The van der Waals surface area contributed by atoms with E-state index in [1.165, 1.54) is 6.07 Å². The lowest BCUT2D eigenvalue weighted by Gasteiger charge is -2.08. The van der Waals surface area contributed by atoms with Crippen LogP contribution >= 0.6 is 23.5 Å². The summed E-state index contributed by atoms with van der Waals surface area (Å²) in [7, 11) is -3.77. The minimum Gasteiger partial charge on any atom is -0.326 e. The average Bonchev–Trinajstić information content (AvgIpc) is 3.10. The average molecular weight is 409 g/mol. The fourth-order valence-electron chi connectivity index (χ4n) is 2.30. The molecule has 0 bridgehead atoms. The van der Waals surface area contributed by atoms with Crippen molar-refractivity contribution in [1.82, 2.24) is 13.5 Å². The van der Waals surface area contributed by atoms with Gasteiger partial charge in [-0.1, -0.05) is 12.1 Å². The molecule has 0 aliphatic heterocycles. The lowest BCUT2D eigenvalue weighted by atomic mass is 10.3. The molecular formula is C16H16N4O3S3. The first kappa shape index (κ1) is 18.8. The predicted octanol–water partition coefficient (Wildman–Crippen LogP) is 2.72. The summed E-state index contributed by atoms with van der Waals surface area (Å²) in [6.07, 6.45) is 1.97. The van der Waals surface area contributed by atoms with E-state index in [2.05, 4.69) is 18.8 Å². The van der Waals surface area contributed by atoms with Crippen LogP contribution in [0, 0.1) is 0 Å². The summed E-state index contributed by atoms with van der Waals surface area (Å²) in [6.45, 7) is -0.00958. The fraction of sp³-hybridized carbons (Fsp3) is 0.188. The highest BCUT2D eigenvalue weighted by Crippen LogP contribution is 2.21. The van der Waals surface area contributed by atoms with Gasteiger partial charge in [0, 0.05) is 23.5 Å². The maximum absolute atomic E-state index is 12.5. The molecule has 0 fully saturated rings. The molecule has 0 aliphatic carbocycles. The van der Waals surface area contributed by atoms with Gasteiger partial charge in [-0.05, 0) is 36.6 Å². The Hall–Kier alpha value is -2.01. The van der Waals surface area contributed by atoms with Gasteiger partial charge in [0.15, 0.2) is 0 Å². The molecule has 0 saturated heterocycles. The van der Waals surface area contributed by atoms with Crippen molar-refractivity contribution < 1.29 is 13.2 Å². The minimum absolute atomic E-state index is 0.00958. The van der Waals surface area contributed by atoms with Crippen LogP contribution < -0.4 is 10.0 Å². The zero-order chi connectivity index (χ0) is 18.6. The van der Waals surface area contributed by atoms with E-state index in [1.54, 1.807) is 30.0 Å². The molecule has 0 radical (unpaired) electrons. The molecule has 7 nitrogen and oxygen atoms in total. The van der Waals surface area contributed by atoms with Gasteiger partial charge in [-0.15, -0.1) is 11.8 Å². The third-order valence-corrected chi connectivity index (χ3v) is 6.30. The molecule has 136 valence electrons. The smallest absolute Gasteiger partial charge is 0.242 e. The van der Waals surface area contributed by atoms with Crippen molar-refractivity contribution in [1.29, 1.82) is 0 Å². The first-order chi connectivity index (χ1) is 12.5. The molecule has 10 heteroatoms. The van der Waals surface area contributed by atoms with E-state index in [-0.39, 0.29) is 23.8 Å². The molecule has 0 spiro atoms. The molecule has 1 amide bonds. The summed E-state index contributed by atoms with van der Waals surface area (Å²) in [5.41, 5.74) is 1.55. The van der Waals surface area contributed by atoms with Crippen LogP contribution in [0.1, 0.15) is 6.42 Å². The standard InChI is InChI=1S/C16H16N4O3S3/c1-24-12-5-2-4-11(10-12)18-15(21)8-9-17-26(22,23)14-7-3-6-13-16(14)20-25-19-13/h2-7,10,17H,8-9H2,1H3,(H,18,21). The summed E-state index contributed by atoms with van der Waals surface area (Å²) in [5, 5.41) is 2.76. The third kappa shape index (κ3) is 4.39. The Morgan fingerprint density at radius 1 is 1.19 bits per heavy atom. The number of thioether (sulfide) groups is 1. The number of hydrogen-bond acceptors (Lipinski definition) is 7. The number of hydrogen-bond donors (Lipinski definition) is 2. The van der Waals surface area contributed by atoms with E-state index in [0.29, 0.717) is 16.7 Å². The van der Waals surface area contributed by atoms with Crippen LogP contribution in [-0.4, -0.2) is 35.9 Å². The Morgan fingerprint density at radius 2 is 2.00 bits per heavy atom. The summed E-state index contributed by atoms with van der Waals surface area (Å²) in [6, 6.07) is 12.2. The lowest BCUT2D eigenvalue weighted by molar-refractivity contribution is -0.116. The molecule has 0 aliphatic rings. The highest BCUT2D eigenvalue weighted by atomic mass is 32.2. The Bertz CT molecular complexity index is 1030. The van der Waals surface area contributed by atoms with Crippen molar-refractivity contribution in [2.75, 3.05) is 18.1 Å². The number of anilines is 1. The molecule has 3 aromatic rings. The van der Waals surface area contributed by atoms with Crippen LogP contribution in [-0.2, 0) is 14.8 Å². The van der Waals surface area contributed by atoms with Crippen molar-refractivity contribution >= 4 is 56.1 Å². The van der Waals surface area contributed by atoms with Crippen LogP contribution in [0.25, 0.3) is 11.0 Å². The number of amides is 1. The molecule has 2 N–H and O–H groups in total. The van der Waals surface area contributed by atoms with Crippen molar-refractivity contribution in [3.8, 4) is 0 Å². The SMILES string of the molecule is CSc1cccc(NC(=O)CCNS(=O)(=O)c2cccc3nsnc23)c1. The number of carbonyl (C=O) groups is 1. The number of sulfonamides is 1. The summed E-state index contributed by atoms with van der Waals surface area (Å²) in [4.78, 5) is 13.1. The topological polar surface area (TPSA) is 101 Å². The summed E-state index contributed by atoms with van der Waals surface area (Å²) < 4.78 is 35.4. The van der Waals surface area contributed by atoms with E-state index in [1.807, 2.05) is 24.5 Å². The maximum Gasteiger partial charge on any atom is 0.242 e. The second-order valence-electron chi connectivity index (χ2n) is 5.32. The van der Waals surface area contributed by atoms with Crippen LogP contribution in [0.15, 0.2) is 52.3 Å². The Labute approximate surface area is 159 Å². The molecule has 3 rings (SSSR count). The number of fused-ring (bicyclic) bond motifs is 1. The normalized spacial score (nSPS) is 11.6. The highest BCUT2D eigenvalue weighted by Gasteiger charge is 2.19. The van der Waals surface area contributed by atoms with E-state index >= 15 is 0 Å². The van der Waals surface area contributed by atoms with Gasteiger partial charge >= 0.3 is 0 Å². The molecule has 0 atom stereocenters. The van der Waals surface area contributed by atoms with Crippen LogP contribution in [0.5, 0.6) is 0 Å². The van der Waals surface area contributed by atoms with E-state index in [9.17, 15) is 13.2 Å². The first-order valence-corrected chi connectivity index (χ1v) is 11.1. The van der Waals surface area contributed by atoms with Crippen molar-refractivity contribution in [3.05, 3.63) is 42.5 Å². The van der Waals surface area contributed by atoms with Crippen LogP contribution in [0.2, 0.25) is 0 Å². The van der Waals surface area contributed by atoms with Gasteiger partial charge in [0.25, 0.3) is 0 Å². The van der Waals surface area contributed by atoms with Crippen molar-refractivity contribution in [2.45, 2.75) is 16.2 Å². The van der Waals surface area contributed by atoms with Crippen molar-refractivity contribution in [2.24, 2.45) is 0 Å². The molecule has 2 aromatic carbocycles. The number of benzene rings is 2. The zero-order valence-electron chi connectivity index (χ0n) is 13.8. The highest BCUT2D eigenvalue weighted by molar-refractivity contribution is 7.98. The number of carbonyl (C=O) groups excluding carboxylic acids is 1. The van der Waals surface area contributed by atoms with Gasteiger partial charge in [0.1, 0.15) is 15.9 Å². The monoisotopic (exact) mass is 408 g/mol. The summed E-state index contributed by atoms with van der Waals surface area (Å²) >= 11 is 2.54. The number of nitrogens with one attached hydrogen (secondary N) is 2. The van der Waals surface area contributed by atoms with Gasteiger partial charge in [0.05, 0.1) is 11.7 Å². The molecule has 0 unspecified atom stereocenters. The first-order valence-electron chi connectivity index (χ1n) is 7.64. The van der Waals surface area contributed by atoms with E-state index < -0.39 is 10.0 Å². The molecule has 1 heterocycles. The van der Waals surface area contributed by atoms with Gasteiger partial charge in [0.2, 0.25) is 15.9 Å². The minimum atomic E-state index is -3.77. The van der Waals surface area contributed by atoms with Gasteiger partial charge in [-0.2, -0.15) is 8.75 Å². The van der Waals surface area contributed by atoms with Crippen LogP contribution in [0.3, 0.4) is 0 Å². The number of aromatic nitrogens is 2. The Balaban J connectivity index is 1.60. The van der Waals surface area contributed by atoms with Gasteiger partial charge < -0.3 is 5.32 Å². The Kier molecular flexibility index (Phi) is 5.87. The summed E-state index contributed by atoms with van der Waals surface area (Å²) in [5.74, 6) is -0.264. The maximum atomic E-state index is 12.5. The van der Waals surface area contributed by atoms with Crippen LogP contribution in [0.4, 0.5) is 5.69 Å². The zero-order valence-corrected chi connectivity index (χ0v) is 16.2. The largest absolute Gasteiger partial charge is 0.326 e. The second-order valence-corrected chi connectivity index (χ2v) is 8.46. The third-order valence-electron chi connectivity index (χ3n) is 3.54. The van der Waals surface area contributed by atoms with E-state index in [0.717, 1.165) is 16.6 Å². The van der Waals surface area contributed by atoms with Gasteiger partial charge in [-0.25, -0.2) is 13.1 Å². The second kappa shape index (κ2) is 8.12. The van der Waals surface area contributed by atoms with E-state index in [4.69, 9.17) is 0 Å². The molecule has 1 aromatic heterocycles. The Morgan fingerprint density at radius 3 is 2.81 bits per heavy atom. The molecular weight excluding hydrogens is 392 g/mol. The molecule has 26 heavy (non-hydrogen) atoms. The fourth-order valence-corrected chi connectivity index (χ4v) is 4.55. The predicted molar refractivity (Wildman–Crippen MR) is 104 cm³/mol. The number of nitrogens with zero attached hydrogens (tertiary/aromatic N) is 2. The number of rotatable bonds is 7.